The second-order valence-electron chi connectivity index (χ2n) is 7.04. The molecular weight excluding hydrogens is 262 g/mol. The Morgan fingerprint density at radius 1 is 1.33 bits per heavy atom. The van der Waals surface area contributed by atoms with Gasteiger partial charge in [-0.3, -0.25) is 9.69 Å². The van der Waals surface area contributed by atoms with Crippen molar-refractivity contribution in [2.24, 2.45) is 17.1 Å². The van der Waals surface area contributed by atoms with Crippen molar-refractivity contribution in [1.82, 2.24) is 4.90 Å². The molecule has 0 radical (unpaired) electrons. The second kappa shape index (κ2) is 6.58. The third-order valence-corrected chi connectivity index (χ3v) is 4.34. The number of anilines is 1. The Hall–Kier alpha value is -1.39. The Kier molecular flexibility index (Phi) is 5.01. The highest BCUT2D eigenvalue weighted by Gasteiger charge is 2.32. The second-order valence-corrected chi connectivity index (χ2v) is 7.04. The Balaban J connectivity index is 1.82. The smallest absolute Gasteiger partial charge is 0.238 e. The van der Waals surface area contributed by atoms with E-state index < -0.39 is 0 Å². The zero-order valence-electron chi connectivity index (χ0n) is 13.4. The zero-order chi connectivity index (χ0) is 15.5. The minimum Gasteiger partial charge on any atom is -0.326 e. The molecule has 2 rings (SSSR count). The highest BCUT2D eigenvalue weighted by Crippen LogP contribution is 2.33. The third-order valence-electron chi connectivity index (χ3n) is 4.34. The molecule has 0 aliphatic carbocycles. The van der Waals surface area contributed by atoms with Gasteiger partial charge in [0.1, 0.15) is 0 Å². The Labute approximate surface area is 127 Å². The molecule has 3 N–H and O–H groups in total. The molecule has 1 aliphatic rings. The van der Waals surface area contributed by atoms with Crippen LogP contribution in [0.3, 0.4) is 0 Å². The first-order valence-electron chi connectivity index (χ1n) is 7.69. The van der Waals surface area contributed by atoms with E-state index in [-0.39, 0.29) is 5.91 Å². The van der Waals surface area contributed by atoms with Crippen molar-refractivity contribution < 1.29 is 4.79 Å². The van der Waals surface area contributed by atoms with Crippen molar-refractivity contribution >= 4 is 11.6 Å². The van der Waals surface area contributed by atoms with Gasteiger partial charge >= 0.3 is 0 Å². The van der Waals surface area contributed by atoms with E-state index in [0.717, 1.165) is 24.3 Å². The van der Waals surface area contributed by atoms with Gasteiger partial charge in [-0.15, -0.1) is 0 Å². The maximum absolute atomic E-state index is 12.1. The van der Waals surface area contributed by atoms with Crippen molar-refractivity contribution in [3.05, 3.63) is 29.8 Å². The highest BCUT2D eigenvalue weighted by molar-refractivity contribution is 5.92. The van der Waals surface area contributed by atoms with E-state index in [9.17, 15) is 4.79 Å². The van der Waals surface area contributed by atoms with Crippen molar-refractivity contribution in [2.45, 2.75) is 33.7 Å². The molecule has 1 amide bonds. The summed E-state index contributed by atoms with van der Waals surface area (Å²) in [6.07, 6.45) is 1.18. The summed E-state index contributed by atoms with van der Waals surface area (Å²) in [6.45, 7) is 9.87. The standard InChI is InChI=1S/C17H27N3O/c1-17(2,3)14-8-9-20(11-14)12-16(21)19-15-6-4-13(10-18)5-7-15/h4-7,14H,8-12,18H2,1-3H3,(H,19,21). The molecule has 1 aromatic rings. The quantitative estimate of drug-likeness (QED) is 0.895. The molecule has 4 nitrogen and oxygen atoms in total. The van der Waals surface area contributed by atoms with Crippen molar-refractivity contribution in [1.29, 1.82) is 0 Å². The van der Waals surface area contributed by atoms with Gasteiger partial charge in [0.25, 0.3) is 0 Å². The molecule has 1 fully saturated rings. The van der Waals surface area contributed by atoms with Gasteiger partial charge in [0.05, 0.1) is 6.54 Å². The fourth-order valence-electron chi connectivity index (χ4n) is 2.81. The molecule has 0 spiro atoms. The third kappa shape index (κ3) is 4.55. The first kappa shape index (κ1) is 16.0. The maximum atomic E-state index is 12.1. The van der Waals surface area contributed by atoms with Gasteiger partial charge in [0.15, 0.2) is 0 Å². The van der Waals surface area contributed by atoms with E-state index in [2.05, 4.69) is 31.0 Å². The normalized spacial score (nSPS) is 19.7. The molecule has 0 bridgehead atoms. The molecule has 1 heterocycles. The fraction of sp³-hybridized carbons (Fsp3) is 0.588. The van der Waals surface area contributed by atoms with Crippen LogP contribution in [0.4, 0.5) is 5.69 Å². The van der Waals surface area contributed by atoms with Crippen LogP contribution in [0, 0.1) is 11.3 Å². The van der Waals surface area contributed by atoms with Crippen molar-refractivity contribution in [3.63, 3.8) is 0 Å². The first-order chi connectivity index (χ1) is 9.88. The van der Waals surface area contributed by atoms with Crippen LogP contribution in [-0.2, 0) is 11.3 Å². The lowest BCUT2D eigenvalue weighted by Gasteiger charge is -2.27. The van der Waals surface area contributed by atoms with Crippen LogP contribution in [0.2, 0.25) is 0 Å². The molecule has 0 saturated carbocycles. The van der Waals surface area contributed by atoms with Gasteiger partial charge < -0.3 is 11.1 Å². The number of carbonyl (C=O) groups excluding carboxylic acids is 1. The van der Waals surface area contributed by atoms with Crippen molar-refractivity contribution in [3.8, 4) is 0 Å². The molecule has 116 valence electrons. The van der Waals surface area contributed by atoms with E-state index in [0.29, 0.717) is 24.4 Å². The Morgan fingerprint density at radius 3 is 2.52 bits per heavy atom. The van der Waals surface area contributed by atoms with Crippen LogP contribution in [-0.4, -0.2) is 30.4 Å². The molecule has 1 aliphatic heterocycles. The number of hydrogen-bond acceptors (Lipinski definition) is 3. The number of rotatable bonds is 4. The van der Waals surface area contributed by atoms with E-state index in [1.54, 1.807) is 0 Å². The summed E-state index contributed by atoms with van der Waals surface area (Å²) < 4.78 is 0. The van der Waals surface area contributed by atoms with Crippen molar-refractivity contribution in [2.75, 3.05) is 25.0 Å². The number of amides is 1. The average Bonchev–Trinajstić information content (AvgIpc) is 2.88. The predicted octanol–water partition coefficient (Wildman–Crippen LogP) is 2.45. The molecular formula is C17H27N3O. The van der Waals surface area contributed by atoms with Gasteiger partial charge in [-0.1, -0.05) is 32.9 Å². The van der Waals surface area contributed by atoms with Crippen LogP contribution in [0.15, 0.2) is 24.3 Å². The van der Waals surface area contributed by atoms with E-state index in [1.807, 2.05) is 24.3 Å². The molecule has 1 saturated heterocycles. The summed E-state index contributed by atoms with van der Waals surface area (Å²) in [5.74, 6) is 0.735. The lowest BCUT2D eigenvalue weighted by atomic mass is 9.80. The number of nitrogens with one attached hydrogen (secondary N) is 1. The molecule has 1 aromatic carbocycles. The minimum absolute atomic E-state index is 0.0602. The number of carbonyl (C=O) groups is 1. The zero-order valence-corrected chi connectivity index (χ0v) is 13.4. The highest BCUT2D eigenvalue weighted by atomic mass is 16.2. The number of hydrogen-bond donors (Lipinski definition) is 2. The van der Waals surface area contributed by atoms with Gasteiger partial charge in [0.2, 0.25) is 5.91 Å². The van der Waals surface area contributed by atoms with Crippen LogP contribution in [0.5, 0.6) is 0 Å². The van der Waals surface area contributed by atoms with Gasteiger partial charge in [-0.2, -0.15) is 0 Å². The summed E-state index contributed by atoms with van der Waals surface area (Å²) in [5, 5.41) is 2.95. The topological polar surface area (TPSA) is 58.4 Å². The molecule has 0 aromatic heterocycles. The van der Waals surface area contributed by atoms with Gasteiger partial charge in [-0.25, -0.2) is 0 Å². The fourth-order valence-corrected chi connectivity index (χ4v) is 2.81. The van der Waals surface area contributed by atoms with Gasteiger partial charge in [-0.05, 0) is 42.0 Å². The summed E-state index contributed by atoms with van der Waals surface area (Å²) in [5.41, 5.74) is 7.79. The summed E-state index contributed by atoms with van der Waals surface area (Å²) >= 11 is 0. The number of likely N-dealkylation sites (tertiary alicyclic amines) is 1. The predicted molar refractivity (Wildman–Crippen MR) is 87.0 cm³/mol. The summed E-state index contributed by atoms with van der Waals surface area (Å²) in [6, 6.07) is 7.70. The maximum Gasteiger partial charge on any atom is 0.238 e. The number of benzene rings is 1. The lowest BCUT2D eigenvalue weighted by Crippen LogP contribution is -2.33. The van der Waals surface area contributed by atoms with Crippen LogP contribution in [0.25, 0.3) is 0 Å². The number of nitrogens with two attached hydrogens (primary N) is 1. The van der Waals surface area contributed by atoms with Crippen LogP contribution >= 0.6 is 0 Å². The summed E-state index contributed by atoms with van der Waals surface area (Å²) in [4.78, 5) is 14.4. The average molecular weight is 289 g/mol. The van der Waals surface area contributed by atoms with Crippen LogP contribution < -0.4 is 11.1 Å². The molecule has 1 unspecified atom stereocenters. The van der Waals surface area contributed by atoms with E-state index in [4.69, 9.17) is 5.73 Å². The van der Waals surface area contributed by atoms with Crippen LogP contribution in [0.1, 0.15) is 32.8 Å². The minimum atomic E-state index is 0.0602. The molecule has 1 atom stereocenters. The Morgan fingerprint density at radius 2 is 2.00 bits per heavy atom. The molecule has 4 heteroatoms. The molecule has 21 heavy (non-hydrogen) atoms. The SMILES string of the molecule is CC(C)(C)C1CCN(CC(=O)Nc2ccc(CN)cc2)C1. The Bertz CT molecular complexity index is 476. The van der Waals surface area contributed by atoms with Gasteiger partial charge in [0, 0.05) is 18.8 Å². The number of nitrogens with zero attached hydrogens (tertiary/aromatic N) is 1. The monoisotopic (exact) mass is 289 g/mol. The largest absolute Gasteiger partial charge is 0.326 e. The van der Waals surface area contributed by atoms with E-state index >= 15 is 0 Å². The summed E-state index contributed by atoms with van der Waals surface area (Å²) in [7, 11) is 0. The lowest BCUT2D eigenvalue weighted by molar-refractivity contribution is -0.117. The first-order valence-corrected chi connectivity index (χ1v) is 7.69. The van der Waals surface area contributed by atoms with E-state index in [1.165, 1.54) is 6.42 Å².